The van der Waals surface area contributed by atoms with Crippen LogP contribution in [-0.2, 0) is 17.1 Å². The molecule has 0 aromatic heterocycles. The molecule has 0 atom stereocenters. The second kappa shape index (κ2) is 14.5. The number of carboxylic acid groups (broad SMARTS) is 2. The van der Waals surface area contributed by atoms with Crippen molar-refractivity contribution in [2.45, 2.75) is 0 Å². The van der Waals surface area contributed by atoms with Crippen LogP contribution in [0.25, 0.3) is 0 Å². The quantitative estimate of drug-likeness (QED) is 0.520. The van der Waals surface area contributed by atoms with Gasteiger partial charge in [-0.3, -0.25) is 0 Å². The van der Waals surface area contributed by atoms with Crippen LogP contribution < -0.4 is 10.2 Å². The van der Waals surface area contributed by atoms with Gasteiger partial charge in [0.2, 0.25) is 0 Å². The number of carbonyl (C=O) groups is 2. The normalized spacial score (nSPS) is 8.24. The minimum Gasteiger partial charge on any atom is -0.529 e. The zero-order valence-corrected chi connectivity index (χ0v) is 13.7. The van der Waals surface area contributed by atoms with Gasteiger partial charge in [-0.2, -0.15) is 0 Å². The van der Waals surface area contributed by atoms with Crippen LogP contribution in [0.1, 0.15) is 0 Å². The van der Waals surface area contributed by atoms with Crippen molar-refractivity contribution in [2.75, 3.05) is 25.0 Å². The van der Waals surface area contributed by atoms with E-state index < -0.39 is 12.2 Å². The molecule has 0 N–H and O–H groups in total. The molecular weight excluding hydrogens is 356 g/mol. The number of hydrogen-bond acceptors (Lipinski definition) is 8. The van der Waals surface area contributed by atoms with Gasteiger partial charge in [-0.15, -0.1) is 0 Å². The zero-order chi connectivity index (χ0) is 13.1. The second-order valence-corrected chi connectivity index (χ2v) is 5.16. The molecule has 1 radical (unpaired) electrons. The molecule has 6 nitrogen and oxygen atoms in total. The summed E-state index contributed by atoms with van der Waals surface area (Å²) in [6.45, 7) is 0. The average molecular weight is 368 g/mol. The van der Waals surface area contributed by atoms with Gasteiger partial charge in [0.1, 0.15) is 0 Å². The molecule has 0 saturated carbocycles. The van der Waals surface area contributed by atoms with Crippen LogP contribution in [0.2, 0.25) is 0 Å². The van der Waals surface area contributed by atoms with E-state index in [0.717, 1.165) is 55.2 Å². The van der Waals surface area contributed by atoms with Crippen molar-refractivity contribution < 1.29 is 36.9 Å². The Kier molecular flexibility index (Phi) is 19.3. The fraction of sp³-hybridized carbons (Fsp3) is 0.667. The SMILES string of the molecule is CSN(SC)C(=O)[O-].CSN(SC)C(=O)[O-].[Cu+2]. The van der Waals surface area contributed by atoms with Gasteiger partial charge in [0.05, 0.1) is 0 Å². The minimum atomic E-state index is -1.16. The molecule has 0 saturated heterocycles. The van der Waals surface area contributed by atoms with Gasteiger partial charge in [0.25, 0.3) is 0 Å². The van der Waals surface area contributed by atoms with E-state index in [1.54, 1.807) is 25.0 Å². The Labute approximate surface area is 129 Å². The summed E-state index contributed by atoms with van der Waals surface area (Å²) in [6, 6.07) is 0. The molecule has 105 valence electrons. The van der Waals surface area contributed by atoms with Crippen LogP contribution in [0.4, 0.5) is 9.59 Å². The van der Waals surface area contributed by atoms with Crippen molar-refractivity contribution >= 4 is 60.0 Å². The van der Waals surface area contributed by atoms with Crippen molar-refractivity contribution in [3.8, 4) is 0 Å². The summed E-state index contributed by atoms with van der Waals surface area (Å²) in [7, 11) is 0. The van der Waals surface area contributed by atoms with Crippen LogP contribution in [0, 0.1) is 0 Å². The predicted molar refractivity (Wildman–Crippen MR) is 68.5 cm³/mol. The van der Waals surface area contributed by atoms with E-state index in [4.69, 9.17) is 0 Å². The van der Waals surface area contributed by atoms with E-state index in [2.05, 4.69) is 0 Å². The third-order valence-corrected chi connectivity index (χ3v) is 4.67. The summed E-state index contributed by atoms with van der Waals surface area (Å²) in [6.07, 6.45) is 4.37. The first kappa shape index (κ1) is 22.6. The third-order valence-electron chi connectivity index (χ3n) is 0.961. The molecule has 0 unspecified atom stereocenters. The summed E-state index contributed by atoms with van der Waals surface area (Å²) >= 11 is 4.45. The van der Waals surface area contributed by atoms with E-state index in [0.29, 0.717) is 0 Å². The van der Waals surface area contributed by atoms with Crippen molar-refractivity contribution in [3.63, 3.8) is 0 Å². The van der Waals surface area contributed by atoms with Crippen molar-refractivity contribution in [2.24, 2.45) is 0 Å². The first-order valence-corrected chi connectivity index (χ1v) is 8.35. The van der Waals surface area contributed by atoms with Crippen LogP contribution in [0.15, 0.2) is 0 Å². The third kappa shape index (κ3) is 12.7. The second-order valence-electron chi connectivity index (χ2n) is 1.78. The maximum absolute atomic E-state index is 9.93. The fourth-order valence-electron chi connectivity index (χ4n) is 0.447. The summed E-state index contributed by atoms with van der Waals surface area (Å²) in [5, 5.41) is 19.9. The standard InChI is InChI=1S/2C3H7NO2S2.Cu/c2*1-7-4(8-2)3(5)6;/h2*1-2H3,(H,5,6);/q;;+2/p-2. The van der Waals surface area contributed by atoms with Gasteiger partial charge in [0, 0.05) is 25.0 Å². The fourth-order valence-corrected chi connectivity index (χ4v) is 2.24. The molecule has 2 amide bonds. The summed E-state index contributed by atoms with van der Waals surface area (Å²) < 4.78 is 2.11. The number of nitrogens with zero attached hydrogens (tertiary/aromatic N) is 2. The zero-order valence-electron chi connectivity index (χ0n) is 9.46. The van der Waals surface area contributed by atoms with Gasteiger partial charge < -0.3 is 19.8 Å². The van der Waals surface area contributed by atoms with Crippen LogP contribution in [0.5, 0.6) is 0 Å². The van der Waals surface area contributed by atoms with E-state index >= 15 is 0 Å². The monoisotopic (exact) mass is 367 g/mol. The van der Waals surface area contributed by atoms with E-state index in [1.807, 2.05) is 0 Å². The Hall–Kier alpha value is 0.459. The number of amides is 2. The number of carbonyl (C=O) groups excluding carboxylic acids is 2. The summed E-state index contributed by atoms with van der Waals surface area (Å²) in [5.41, 5.74) is 0. The maximum Gasteiger partial charge on any atom is 2.00 e. The molecule has 11 heteroatoms. The van der Waals surface area contributed by atoms with Gasteiger partial charge >= 0.3 is 17.1 Å². The first-order valence-electron chi connectivity index (χ1n) is 3.63. The molecule has 0 fully saturated rings. The van der Waals surface area contributed by atoms with Crippen LogP contribution in [-0.4, -0.2) is 44.6 Å². The molecule has 0 aromatic rings. The smallest absolute Gasteiger partial charge is 0.529 e. The molecule has 0 rings (SSSR count). The Balaban J connectivity index is -0.000000218. The first-order chi connectivity index (χ1) is 7.44. The molecular formula is C6H12CuN2O4S4. The summed E-state index contributed by atoms with van der Waals surface area (Å²) in [5.74, 6) is 0. The molecule has 0 bridgehead atoms. The Morgan fingerprint density at radius 2 is 0.941 bits per heavy atom. The molecule has 0 aliphatic carbocycles. The van der Waals surface area contributed by atoms with Crippen molar-refractivity contribution in [3.05, 3.63) is 0 Å². The Morgan fingerprint density at radius 1 is 0.765 bits per heavy atom. The molecule has 0 heterocycles. The van der Waals surface area contributed by atoms with Gasteiger partial charge in [0.15, 0.2) is 12.2 Å². The Morgan fingerprint density at radius 3 is 0.941 bits per heavy atom. The van der Waals surface area contributed by atoms with E-state index in [1.165, 1.54) is 0 Å². The van der Waals surface area contributed by atoms with E-state index in [-0.39, 0.29) is 17.1 Å². The van der Waals surface area contributed by atoms with Crippen molar-refractivity contribution in [1.82, 2.24) is 7.42 Å². The van der Waals surface area contributed by atoms with E-state index in [9.17, 15) is 19.8 Å². The minimum absolute atomic E-state index is 0. The number of rotatable bonds is 4. The van der Waals surface area contributed by atoms with Gasteiger partial charge in [-0.25, -0.2) is 7.42 Å². The van der Waals surface area contributed by atoms with Crippen LogP contribution >= 0.6 is 47.8 Å². The molecule has 0 spiro atoms. The van der Waals surface area contributed by atoms with Crippen LogP contribution in [0.3, 0.4) is 0 Å². The maximum atomic E-state index is 9.93. The molecule has 0 aliphatic heterocycles. The van der Waals surface area contributed by atoms with Gasteiger partial charge in [-0.1, -0.05) is 0 Å². The van der Waals surface area contributed by atoms with Crippen molar-refractivity contribution in [1.29, 1.82) is 0 Å². The molecule has 0 aromatic carbocycles. The van der Waals surface area contributed by atoms with Gasteiger partial charge in [-0.05, 0) is 47.8 Å². The molecule has 17 heavy (non-hydrogen) atoms. The molecule has 0 aliphatic rings. The Bertz CT molecular complexity index is 194. The predicted octanol–water partition coefficient (Wildman–Crippen LogP) is 0.373. The topological polar surface area (TPSA) is 86.7 Å². The average Bonchev–Trinajstić information content (AvgIpc) is 2.21. The summed E-state index contributed by atoms with van der Waals surface area (Å²) in [4.78, 5) is 19.9. The largest absolute Gasteiger partial charge is 2.00 e. The number of hydrogen-bond donors (Lipinski definition) is 0.